The fourth-order valence-corrected chi connectivity index (χ4v) is 3.73. The van der Waals surface area contributed by atoms with E-state index in [-0.39, 0.29) is 36.3 Å². The van der Waals surface area contributed by atoms with Crippen molar-refractivity contribution in [1.29, 1.82) is 0 Å². The second-order valence-corrected chi connectivity index (χ2v) is 8.14. The molecule has 4 rings (SSSR count). The van der Waals surface area contributed by atoms with Gasteiger partial charge < -0.3 is 20.1 Å². The standard InChI is InChI=1S/C24H21F3N4O5/c25-24(26,27)16-6-7-19-18(10-16)20(8-9-28-19)31(23(35)36-14-15-4-2-1-3-5-15)13-21(32)29-17-11-30(12-17)22(33)34/h1-10,17H,11-14H2,(H,29,32)(H,33,34). The Morgan fingerprint density at radius 1 is 1.11 bits per heavy atom. The van der Waals surface area contributed by atoms with E-state index in [2.05, 4.69) is 10.3 Å². The molecule has 0 aliphatic carbocycles. The number of nitrogens with one attached hydrogen (secondary N) is 1. The summed E-state index contributed by atoms with van der Waals surface area (Å²) in [5.41, 5.74) is -0.0510. The molecule has 0 saturated carbocycles. The number of aromatic nitrogens is 1. The number of ether oxygens (including phenoxy) is 1. The molecular formula is C24H21F3N4O5. The summed E-state index contributed by atoms with van der Waals surface area (Å²) < 4.78 is 45.5. The molecule has 2 heterocycles. The van der Waals surface area contributed by atoms with Crippen LogP contribution in [-0.2, 0) is 22.3 Å². The Balaban J connectivity index is 1.61. The fraction of sp³-hybridized carbons (Fsp3) is 0.250. The van der Waals surface area contributed by atoms with Gasteiger partial charge in [0.05, 0.1) is 22.8 Å². The fourth-order valence-electron chi connectivity index (χ4n) is 3.73. The van der Waals surface area contributed by atoms with Crippen LogP contribution in [0.1, 0.15) is 11.1 Å². The van der Waals surface area contributed by atoms with Crippen molar-refractivity contribution in [2.75, 3.05) is 24.5 Å². The van der Waals surface area contributed by atoms with Crippen LogP contribution in [0.4, 0.5) is 28.4 Å². The molecule has 2 aromatic carbocycles. The van der Waals surface area contributed by atoms with Gasteiger partial charge in [0.1, 0.15) is 13.2 Å². The number of hydrogen-bond acceptors (Lipinski definition) is 5. The highest BCUT2D eigenvalue weighted by Crippen LogP contribution is 2.34. The number of rotatable bonds is 6. The number of carboxylic acid groups (broad SMARTS) is 1. The molecule has 1 saturated heterocycles. The van der Waals surface area contributed by atoms with Crippen molar-refractivity contribution in [2.45, 2.75) is 18.8 Å². The molecule has 1 aliphatic heterocycles. The van der Waals surface area contributed by atoms with Crippen molar-refractivity contribution in [2.24, 2.45) is 0 Å². The maximum Gasteiger partial charge on any atom is 0.416 e. The van der Waals surface area contributed by atoms with Crippen LogP contribution in [0.15, 0.2) is 60.8 Å². The van der Waals surface area contributed by atoms with Crippen molar-refractivity contribution < 1.29 is 37.4 Å². The first kappa shape index (κ1) is 24.8. The van der Waals surface area contributed by atoms with Gasteiger partial charge in [-0.25, -0.2) is 9.59 Å². The maximum atomic E-state index is 13.4. The minimum absolute atomic E-state index is 0.0116. The number of pyridine rings is 1. The van der Waals surface area contributed by atoms with Crippen molar-refractivity contribution in [1.82, 2.24) is 15.2 Å². The van der Waals surface area contributed by atoms with E-state index in [0.29, 0.717) is 5.56 Å². The molecule has 0 bridgehead atoms. The molecule has 3 aromatic rings. The molecule has 0 radical (unpaired) electrons. The van der Waals surface area contributed by atoms with E-state index in [9.17, 15) is 27.6 Å². The van der Waals surface area contributed by atoms with Gasteiger partial charge >= 0.3 is 18.4 Å². The van der Waals surface area contributed by atoms with Gasteiger partial charge in [-0.3, -0.25) is 14.7 Å². The summed E-state index contributed by atoms with van der Waals surface area (Å²) in [6.45, 7) is -0.503. The Morgan fingerprint density at radius 3 is 2.50 bits per heavy atom. The molecule has 1 aliphatic rings. The Hall–Kier alpha value is -4.35. The number of likely N-dealkylation sites (tertiary alicyclic amines) is 1. The van der Waals surface area contributed by atoms with Crippen LogP contribution in [-0.4, -0.2) is 58.8 Å². The smallest absolute Gasteiger partial charge is 0.416 e. The van der Waals surface area contributed by atoms with Gasteiger partial charge in [0.2, 0.25) is 5.91 Å². The Labute approximate surface area is 203 Å². The third kappa shape index (κ3) is 5.65. The van der Waals surface area contributed by atoms with Gasteiger partial charge in [-0.2, -0.15) is 13.2 Å². The minimum atomic E-state index is -4.63. The van der Waals surface area contributed by atoms with Gasteiger partial charge in [-0.15, -0.1) is 0 Å². The lowest BCUT2D eigenvalue weighted by atomic mass is 10.1. The third-order valence-electron chi connectivity index (χ3n) is 5.58. The van der Waals surface area contributed by atoms with Crippen LogP contribution >= 0.6 is 0 Å². The lowest BCUT2D eigenvalue weighted by molar-refractivity contribution is -0.137. The number of nitrogens with zero attached hydrogens (tertiary/aromatic N) is 3. The number of amides is 3. The summed E-state index contributed by atoms with van der Waals surface area (Å²) in [6.07, 6.45) is -5.37. The van der Waals surface area contributed by atoms with Crippen LogP contribution in [0.25, 0.3) is 10.9 Å². The van der Waals surface area contributed by atoms with Crippen molar-refractivity contribution in [3.05, 3.63) is 71.9 Å². The van der Waals surface area contributed by atoms with Gasteiger partial charge in [-0.1, -0.05) is 30.3 Å². The first-order valence-corrected chi connectivity index (χ1v) is 10.8. The van der Waals surface area contributed by atoms with Crippen LogP contribution in [0, 0.1) is 0 Å². The number of halogens is 3. The summed E-state index contributed by atoms with van der Waals surface area (Å²) in [4.78, 5) is 42.9. The largest absolute Gasteiger partial charge is 0.465 e. The summed E-state index contributed by atoms with van der Waals surface area (Å²) in [5, 5.41) is 11.6. The maximum absolute atomic E-state index is 13.4. The van der Waals surface area contributed by atoms with E-state index in [0.717, 1.165) is 21.9 Å². The van der Waals surface area contributed by atoms with Crippen LogP contribution in [0.2, 0.25) is 0 Å². The SMILES string of the molecule is O=C(CN(C(=O)OCc1ccccc1)c1ccnc2ccc(C(F)(F)F)cc12)NC1CN(C(=O)O)C1. The van der Waals surface area contributed by atoms with E-state index < -0.39 is 42.4 Å². The predicted molar refractivity (Wildman–Crippen MR) is 122 cm³/mol. The van der Waals surface area contributed by atoms with Gasteiger partial charge in [0.25, 0.3) is 0 Å². The summed E-state index contributed by atoms with van der Waals surface area (Å²) in [5.74, 6) is -0.626. The van der Waals surface area contributed by atoms with E-state index in [1.807, 2.05) is 0 Å². The molecule has 2 N–H and O–H groups in total. The number of fused-ring (bicyclic) bond motifs is 1. The first-order chi connectivity index (χ1) is 17.1. The second-order valence-electron chi connectivity index (χ2n) is 8.14. The van der Waals surface area contributed by atoms with E-state index in [1.54, 1.807) is 30.3 Å². The van der Waals surface area contributed by atoms with Gasteiger partial charge in [0, 0.05) is 24.7 Å². The van der Waals surface area contributed by atoms with Crippen molar-refractivity contribution in [3.63, 3.8) is 0 Å². The third-order valence-corrected chi connectivity index (χ3v) is 5.58. The summed E-state index contributed by atoms with van der Waals surface area (Å²) in [6, 6.07) is 12.6. The molecule has 3 amide bonds. The highest BCUT2D eigenvalue weighted by atomic mass is 19.4. The number of carbonyl (C=O) groups excluding carboxylic acids is 2. The van der Waals surface area contributed by atoms with Crippen molar-refractivity contribution in [3.8, 4) is 0 Å². The number of hydrogen-bond donors (Lipinski definition) is 2. The number of carbonyl (C=O) groups is 3. The molecule has 1 fully saturated rings. The zero-order valence-corrected chi connectivity index (χ0v) is 18.7. The normalized spacial score (nSPS) is 13.7. The Bertz CT molecular complexity index is 1280. The highest BCUT2D eigenvalue weighted by molar-refractivity contribution is 6.03. The lowest BCUT2D eigenvalue weighted by Crippen LogP contribution is -2.61. The average Bonchev–Trinajstić information content (AvgIpc) is 2.82. The molecule has 9 nitrogen and oxygen atoms in total. The zero-order valence-electron chi connectivity index (χ0n) is 18.7. The molecule has 188 valence electrons. The number of alkyl halides is 3. The van der Waals surface area contributed by atoms with Crippen molar-refractivity contribution >= 4 is 34.7 Å². The lowest BCUT2D eigenvalue weighted by Gasteiger charge is -2.37. The molecule has 1 aromatic heterocycles. The molecule has 0 atom stereocenters. The van der Waals surface area contributed by atoms with Crippen LogP contribution < -0.4 is 10.2 Å². The second kappa shape index (κ2) is 10.1. The topological polar surface area (TPSA) is 112 Å². The molecule has 0 spiro atoms. The molecule has 36 heavy (non-hydrogen) atoms. The van der Waals surface area contributed by atoms with E-state index in [1.165, 1.54) is 18.3 Å². The minimum Gasteiger partial charge on any atom is -0.465 e. The first-order valence-electron chi connectivity index (χ1n) is 10.8. The Morgan fingerprint density at radius 2 is 1.83 bits per heavy atom. The average molecular weight is 502 g/mol. The van der Waals surface area contributed by atoms with E-state index in [4.69, 9.17) is 9.84 Å². The zero-order chi connectivity index (χ0) is 25.9. The van der Waals surface area contributed by atoms with E-state index >= 15 is 0 Å². The quantitative estimate of drug-likeness (QED) is 0.529. The predicted octanol–water partition coefficient (Wildman–Crippen LogP) is 3.88. The molecule has 12 heteroatoms. The van der Waals surface area contributed by atoms with Gasteiger partial charge in [-0.05, 0) is 29.8 Å². The van der Waals surface area contributed by atoms with Crippen LogP contribution in [0.5, 0.6) is 0 Å². The van der Waals surface area contributed by atoms with Crippen LogP contribution in [0.3, 0.4) is 0 Å². The number of benzene rings is 2. The Kier molecular flexibility index (Phi) is 6.95. The van der Waals surface area contributed by atoms with Gasteiger partial charge in [0.15, 0.2) is 0 Å². The number of anilines is 1. The molecular weight excluding hydrogens is 481 g/mol. The summed E-state index contributed by atoms with van der Waals surface area (Å²) >= 11 is 0. The highest BCUT2D eigenvalue weighted by Gasteiger charge is 2.34. The molecule has 0 unspecified atom stereocenters. The monoisotopic (exact) mass is 502 g/mol. The summed E-state index contributed by atoms with van der Waals surface area (Å²) in [7, 11) is 0.